The molecule has 17 heavy (non-hydrogen) atoms. The van der Waals surface area contributed by atoms with Gasteiger partial charge in [0, 0.05) is 0 Å². The summed E-state index contributed by atoms with van der Waals surface area (Å²) in [4.78, 5) is 11.3. The summed E-state index contributed by atoms with van der Waals surface area (Å²) in [6, 6.07) is 4.18. The van der Waals surface area contributed by atoms with Crippen molar-refractivity contribution in [1.29, 1.82) is 0 Å². The van der Waals surface area contributed by atoms with Crippen LogP contribution in [0.1, 0.15) is 12.5 Å². The van der Waals surface area contributed by atoms with E-state index in [-0.39, 0.29) is 5.75 Å². The Bertz CT molecular complexity index is 392. The number of phenolic OH excluding ortho intramolecular Hbond substituents is 1. The van der Waals surface area contributed by atoms with Crippen LogP contribution in [0.2, 0.25) is 0 Å². The SMILES string of the molecule is CCOC(=O)C(N)Cc1ccc(OC)c(O)c1. The van der Waals surface area contributed by atoms with Crippen LogP contribution < -0.4 is 10.5 Å². The molecule has 0 radical (unpaired) electrons. The number of carbonyl (C=O) groups excluding carboxylic acids is 1. The second-order valence-corrected chi connectivity index (χ2v) is 3.57. The lowest BCUT2D eigenvalue weighted by atomic mass is 10.1. The van der Waals surface area contributed by atoms with Crippen molar-refractivity contribution in [3.05, 3.63) is 23.8 Å². The molecule has 0 saturated heterocycles. The zero-order chi connectivity index (χ0) is 12.8. The number of esters is 1. The fourth-order valence-corrected chi connectivity index (χ4v) is 1.45. The minimum Gasteiger partial charge on any atom is -0.504 e. The van der Waals surface area contributed by atoms with Gasteiger partial charge in [0.1, 0.15) is 6.04 Å². The smallest absolute Gasteiger partial charge is 0.323 e. The molecule has 1 aromatic carbocycles. The van der Waals surface area contributed by atoms with Crippen LogP contribution in [0.15, 0.2) is 18.2 Å². The number of hydrogen-bond donors (Lipinski definition) is 2. The molecule has 1 unspecified atom stereocenters. The van der Waals surface area contributed by atoms with Crippen LogP contribution in [0, 0.1) is 0 Å². The number of rotatable bonds is 5. The fourth-order valence-electron chi connectivity index (χ4n) is 1.45. The number of hydrogen-bond acceptors (Lipinski definition) is 5. The summed E-state index contributed by atoms with van der Waals surface area (Å²) < 4.78 is 9.72. The molecule has 0 aliphatic carbocycles. The number of ether oxygens (including phenoxy) is 2. The molecule has 0 heterocycles. The number of carbonyl (C=O) groups is 1. The maximum Gasteiger partial charge on any atom is 0.323 e. The third kappa shape index (κ3) is 3.64. The van der Waals surface area contributed by atoms with Crippen LogP contribution in [0.4, 0.5) is 0 Å². The normalized spacial score (nSPS) is 11.9. The van der Waals surface area contributed by atoms with Crippen LogP contribution >= 0.6 is 0 Å². The summed E-state index contributed by atoms with van der Waals surface area (Å²) in [5.74, 6) is -0.0256. The predicted octanol–water partition coefficient (Wildman–Crippen LogP) is 0.834. The minimum absolute atomic E-state index is 0.0288. The molecule has 0 aliphatic rings. The predicted molar refractivity (Wildman–Crippen MR) is 63.0 cm³/mol. The maximum absolute atomic E-state index is 11.3. The van der Waals surface area contributed by atoms with Crippen molar-refractivity contribution < 1.29 is 19.4 Å². The van der Waals surface area contributed by atoms with Gasteiger partial charge in [-0.3, -0.25) is 4.79 Å². The zero-order valence-corrected chi connectivity index (χ0v) is 9.97. The van der Waals surface area contributed by atoms with Gasteiger partial charge in [0.15, 0.2) is 11.5 Å². The standard InChI is InChI=1S/C12H17NO4/c1-3-17-12(15)9(13)6-8-4-5-11(16-2)10(14)7-8/h4-5,7,9,14H,3,6,13H2,1-2H3. The summed E-state index contributed by atoms with van der Waals surface area (Å²) in [6.45, 7) is 2.03. The van der Waals surface area contributed by atoms with E-state index in [1.807, 2.05) is 0 Å². The largest absolute Gasteiger partial charge is 0.504 e. The highest BCUT2D eigenvalue weighted by Crippen LogP contribution is 2.26. The Morgan fingerprint density at radius 1 is 1.53 bits per heavy atom. The summed E-state index contributed by atoms with van der Waals surface area (Å²) in [5, 5.41) is 9.56. The molecule has 0 amide bonds. The number of benzene rings is 1. The number of methoxy groups -OCH3 is 1. The molecular formula is C12H17NO4. The molecule has 0 saturated carbocycles. The monoisotopic (exact) mass is 239 g/mol. The second-order valence-electron chi connectivity index (χ2n) is 3.57. The molecule has 1 rings (SSSR count). The summed E-state index contributed by atoms with van der Waals surface area (Å²) in [5.41, 5.74) is 6.42. The fraction of sp³-hybridized carbons (Fsp3) is 0.417. The van der Waals surface area contributed by atoms with E-state index in [1.165, 1.54) is 13.2 Å². The van der Waals surface area contributed by atoms with Gasteiger partial charge in [-0.2, -0.15) is 0 Å². The van der Waals surface area contributed by atoms with Crippen LogP contribution in [-0.2, 0) is 16.0 Å². The molecule has 0 fully saturated rings. The van der Waals surface area contributed by atoms with Gasteiger partial charge < -0.3 is 20.3 Å². The number of nitrogens with two attached hydrogens (primary N) is 1. The van der Waals surface area contributed by atoms with Gasteiger partial charge in [0.25, 0.3) is 0 Å². The molecular weight excluding hydrogens is 222 g/mol. The van der Waals surface area contributed by atoms with E-state index in [2.05, 4.69) is 0 Å². The highest BCUT2D eigenvalue weighted by atomic mass is 16.5. The van der Waals surface area contributed by atoms with Gasteiger partial charge in [0.05, 0.1) is 13.7 Å². The Balaban J connectivity index is 2.68. The maximum atomic E-state index is 11.3. The first-order chi connectivity index (χ1) is 8.08. The summed E-state index contributed by atoms with van der Waals surface area (Å²) in [7, 11) is 1.47. The average molecular weight is 239 g/mol. The Hall–Kier alpha value is -1.75. The zero-order valence-electron chi connectivity index (χ0n) is 9.97. The average Bonchev–Trinajstić information content (AvgIpc) is 2.29. The van der Waals surface area contributed by atoms with Crippen molar-refractivity contribution in [3.8, 4) is 11.5 Å². The molecule has 1 atom stereocenters. The van der Waals surface area contributed by atoms with Crippen molar-refractivity contribution in [3.63, 3.8) is 0 Å². The van der Waals surface area contributed by atoms with Crippen molar-refractivity contribution >= 4 is 5.97 Å². The lowest BCUT2D eigenvalue weighted by Crippen LogP contribution is -2.34. The summed E-state index contributed by atoms with van der Waals surface area (Å²) in [6.07, 6.45) is 0.316. The van der Waals surface area contributed by atoms with Crippen LogP contribution in [0.25, 0.3) is 0 Å². The van der Waals surface area contributed by atoms with Crippen molar-refractivity contribution in [2.75, 3.05) is 13.7 Å². The number of aromatic hydroxyl groups is 1. The van der Waals surface area contributed by atoms with E-state index in [0.29, 0.717) is 18.8 Å². The van der Waals surface area contributed by atoms with Crippen molar-refractivity contribution in [2.45, 2.75) is 19.4 Å². The van der Waals surface area contributed by atoms with Gasteiger partial charge in [-0.05, 0) is 31.0 Å². The second kappa shape index (κ2) is 6.10. The van der Waals surface area contributed by atoms with E-state index in [1.54, 1.807) is 19.1 Å². The van der Waals surface area contributed by atoms with Gasteiger partial charge in [0.2, 0.25) is 0 Å². The van der Waals surface area contributed by atoms with Crippen LogP contribution in [0.5, 0.6) is 11.5 Å². The van der Waals surface area contributed by atoms with Crippen molar-refractivity contribution in [1.82, 2.24) is 0 Å². The van der Waals surface area contributed by atoms with E-state index in [4.69, 9.17) is 15.2 Å². The Morgan fingerprint density at radius 2 is 2.24 bits per heavy atom. The van der Waals surface area contributed by atoms with Crippen molar-refractivity contribution in [2.24, 2.45) is 5.73 Å². The Kier molecular flexibility index (Phi) is 4.78. The molecule has 3 N–H and O–H groups in total. The quantitative estimate of drug-likeness (QED) is 0.744. The van der Waals surface area contributed by atoms with Gasteiger partial charge >= 0.3 is 5.97 Å². The summed E-state index contributed by atoms with van der Waals surface area (Å²) >= 11 is 0. The first kappa shape index (κ1) is 13.3. The molecule has 5 nitrogen and oxygen atoms in total. The van der Waals surface area contributed by atoms with E-state index >= 15 is 0 Å². The Morgan fingerprint density at radius 3 is 2.76 bits per heavy atom. The highest BCUT2D eigenvalue weighted by Gasteiger charge is 2.15. The topological polar surface area (TPSA) is 81.8 Å². The number of phenols is 1. The van der Waals surface area contributed by atoms with E-state index in [9.17, 15) is 9.90 Å². The third-order valence-corrected chi connectivity index (χ3v) is 2.29. The third-order valence-electron chi connectivity index (χ3n) is 2.29. The molecule has 0 bridgehead atoms. The van der Waals surface area contributed by atoms with Gasteiger partial charge in [-0.15, -0.1) is 0 Å². The first-order valence-corrected chi connectivity index (χ1v) is 5.36. The molecule has 0 aromatic heterocycles. The van der Waals surface area contributed by atoms with Crippen LogP contribution in [-0.4, -0.2) is 30.8 Å². The first-order valence-electron chi connectivity index (χ1n) is 5.36. The van der Waals surface area contributed by atoms with Gasteiger partial charge in [-0.25, -0.2) is 0 Å². The lowest BCUT2D eigenvalue weighted by Gasteiger charge is -2.11. The van der Waals surface area contributed by atoms with Gasteiger partial charge in [-0.1, -0.05) is 6.07 Å². The van der Waals surface area contributed by atoms with E-state index in [0.717, 1.165) is 5.56 Å². The van der Waals surface area contributed by atoms with Crippen LogP contribution in [0.3, 0.4) is 0 Å². The van der Waals surface area contributed by atoms with E-state index < -0.39 is 12.0 Å². The molecule has 1 aromatic rings. The molecule has 0 aliphatic heterocycles. The molecule has 94 valence electrons. The highest BCUT2D eigenvalue weighted by molar-refractivity contribution is 5.75. The molecule has 0 spiro atoms. The minimum atomic E-state index is -0.720. The molecule has 5 heteroatoms. The lowest BCUT2D eigenvalue weighted by molar-refractivity contribution is -0.144. The Labute approximate surface area is 100 Å².